The number of nitrogens with one attached hydrogen (secondary N) is 2. The van der Waals surface area contributed by atoms with Crippen LogP contribution in [0.25, 0.3) is 0 Å². The van der Waals surface area contributed by atoms with Crippen molar-refractivity contribution in [3.63, 3.8) is 0 Å². The van der Waals surface area contributed by atoms with Gasteiger partial charge >= 0.3 is 0 Å². The van der Waals surface area contributed by atoms with Crippen LogP contribution >= 0.6 is 11.6 Å². The normalized spacial score (nSPS) is 11.3. The second-order valence-corrected chi connectivity index (χ2v) is 8.06. The lowest BCUT2D eigenvalue weighted by molar-refractivity contribution is 0.0688. The number of sulfonamides is 1. The molecule has 0 aromatic heterocycles. The summed E-state index contributed by atoms with van der Waals surface area (Å²) in [6.45, 7) is 1.99. The standard InChI is InChI=1S/C19H22ClFN2O5S/c1-27-11-12-28-10-2-9-22-19(24)14-3-5-15(6-4-14)23-29(25,26)16-7-8-18(21)17(20)13-16/h3-8,13,23H,2,9-12H2,1H3,(H,22,24). The number of anilines is 1. The van der Waals surface area contributed by atoms with Crippen LogP contribution in [0.3, 0.4) is 0 Å². The van der Waals surface area contributed by atoms with Crippen molar-refractivity contribution >= 4 is 33.2 Å². The molecule has 0 radical (unpaired) electrons. The van der Waals surface area contributed by atoms with Gasteiger partial charge in [0.05, 0.1) is 23.1 Å². The van der Waals surface area contributed by atoms with Crippen LogP contribution in [0.5, 0.6) is 0 Å². The molecule has 0 saturated carbocycles. The van der Waals surface area contributed by atoms with Gasteiger partial charge in [0.25, 0.3) is 15.9 Å². The van der Waals surface area contributed by atoms with Crippen molar-refractivity contribution < 1.29 is 27.1 Å². The molecular formula is C19H22ClFN2O5S. The summed E-state index contributed by atoms with van der Waals surface area (Å²) >= 11 is 5.64. The van der Waals surface area contributed by atoms with E-state index < -0.39 is 15.8 Å². The van der Waals surface area contributed by atoms with E-state index in [0.29, 0.717) is 38.3 Å². The first-order chi connectivity index (χ1) is 13.8. The first-order valence-corrected chi connectivity index (χ1v) is 10.6. The third-order valence-electron chi connectivity index (χ3n) is 3.78. The highest BCUT2D eigenvalue weighted by Crippen LogP contribution is 2.22. The molecule has 2 N–H and O–H groups in total. The summed E-state index contributed by atoms with van der Waals surface area (Å²) in [6, 6.07) is 9.05. The average Bonchev–Trinajstić information content (AvgIpc) is 2.69. The maximum atomic E-state index is 13.2. The smallest absolute Gasteiger partial charge is 0.261 e. The molecule has 0 atom stereocenters. The summed E-state index contributed by atoms with van der Waals surface area (Å²) in [4.78, 5) is 11.9. The minimum absolute atomic E-state index is 0.168. The van der Waals surface area contributed by atoms with E-state index in [2.05, 4.69) is 10.0 Å². The van der Waals surface area contributed by atoms with E-state index in [1.54, 1.807) is 7.11 Å². The predicted molar refractivity (Wildman–Crippen MR) is 108 cm³/mol. The summed E-state index contributed by atoms with van der Waals surface area (Å²) in [6.07, 6.45) is 0.660. The molecular weight excluding hydrogens is 423 g/mol. The fourth-order valence-electron chi connectivity index (χ4n) is 2.27. The Bertz CT molecular complexity index is 923. The Kier molecular flexibility index (Phi) is 8.84. The van der Waals surface area contributed by atoms with E-state index in [1.165, 1.54) is 24.3 Å². The third kappa shape index (κ3) is 7.28. The van der Waals surface area contributed by atoms with Gasteiger partial charge in [0, 0.05) is 31.5 Å². The number of benzene rings is 2. The van der Waals surface area contributed by atoms with Crippen LogP contribution in [-0.4, -0.2) is 47.8 Å². The van der Waals surface area contributed by atoms with Gasteiger partial charge in [0.1, 0.15) is 5.82 Å². The Morgan fingerprint density at radius 3 is 2.48 bits per heavy atom. The predicted octanol–water partition coefficient (Wildman–Crippen LogP) is 3.06. The zero-order valence-electron chi connectivity index (χ0n) is 15.8. The Labute approximate surface area is 174 Å². The van der Waals surface area contributed by atoms with Crippen molar-refractivity contribution in [2.45, 2.75) is 11.3 Å². The second-order valence-electron chi connectivity index (χ2n) is 5.97. The number of carbonyl (C=O) groups excluding carboxylic acids is 1. The van der Waals surface area contributed by atoms with Gasteiger partial charge in [0.2, 0.25) is 0 Å². The summed E-state index contributed by atoms with van der Waals surface area (Å²) in [5.74, 6) is -0.982. The van der Waals surface area contributed by atoms with Crippen LogP contribution < -0.4 is 10.0 Å². The number of halogens is 2. The van der Waals surface area contributed by atoms with Gasteiger partial charge in [-0.2, -0.15) is 0 Å². The van der Waals surface area contributed by atoms with Crippen LogP contribution in [0.2, 0.25) is 5.02 Å². The number of hydrogen-bond acceptors (Lipinski definition) is 5. The Balaban J connectivity index is 1.87. The topological polar surface area (TPSA) is 93.7 Å². The number of carbonyl (C=O) groups is 1. The monoisotopic (exact) mass is 444 g/mol. The number of ether oxygens (including phenoxy) is 2. The summed E-state index contributed by atoms with van der Waals surface area (Å²) in [5, 5.41) is 2.47. The summed E-state index contributed by atoms with van der Waals surface area (Å²) in [5.41, 5.74) is 0.645. The average molecular weight is 445 g/mol. The summed E-state index contributed by atoms with van der Waals surface area (Å²) < 4.78 is 50.5. The van der Waals surface area contributed by atoms with E-state index in [9.17, 15) is 17.6 Å². The van der Waals surface area contributed by atoms with Gasteiger partial charge < -0.3 is 14.8 Å². The fourth-order valence-corrected chi connectivity index (χ4v) is 3.60. The summed E-state index contributed by atoms with van der Waals surface area (Å²) in [7, 11) is -2.34. The van der Waals surface area contributed by atoms with Crippen molar-refractivity contribution in [3.05, 3.63) is 58.9 Å². The molecule has 0 bridgehead atoms. The largest absolute Gasteiger partial charge is 0.382 e. The molecule has 0 spiro atoms. The van der Waals surface area contributed by atoms with Crippen molar-refractivity contribution in [2.75, 3.05) is 38.2 Å². The number of methoxy groups -OCH3 is 1. The quantitative estimate of drug-likeness (QED) is 0.519. The molecule has 0 aliphatic carbocycles. The molecule has 158 valence electrons. The highest BCUT2D eigenvalue weighted by molar-refractivity contribution is 7.92. The molecule has 2 aromatic carbocycles. The zero-order chi connectivity index (χ0) is 21.3. The number of hydrogen-bond donors (Lipinski definition) is 2. The Hall–Kier alpha value is -2.20. The molecule has 29 heavy (non-hydrogen) atoms. The van der Waals surface area contributed by atoms with E-state index in [0.717, 1.165) is 18.2 Å². The number of rotatable bonds is 11. The van der Waals surface area contributed by atoms with Crippen molar-refractivity contribution in [1.82, 2.24) is 5.32 Å². The lowest BCUT2D eigenvalue weighted by atomic mass is 10.2. The maximum Gasteiger partial charge on any atom is 0.261 e. The third-order valence-corrected chi connectivity index (χ3v) is 5.45. The van der Waals surface area contributed by atoms with Gasteiger partial charge in [-0.25, -0.2) is 12.8 Å². The molecule has 7 nitrogen and oxygen atoms in total. The van der Waals surface area contributed by atoms with Crippen molar-refractivity contribution in [2.24, 2.45) is 0 Å². The van der Waals surface area contributed by atoms with Crippen LogP contribution in [0.4, 0.5) is 10.1 Å². The lowest BCUT2D eigenvalue weighted by Gasteiger charge is -2.10. The molecule has 0 unspecified atom stereocenters. The first-order valence-electron chi connectivity index (χ1n) is 8.76. The first kappa shape index (κ1) is 23.1. The zero-order valence-corrected chi connectivity index (χ0v) is 17.4. The fraction of sp³-hybridized carbons (Fsp3) is 0.316. The molecule has 10 heteroatoms. The Morgan fingerprint density at radius 2 is 1.83 bits per heavy atom. The minimum atomic E-state index is -3.94. The number of amides is 1. The van der Waals surface area contributed by atoms with Crippen LogP contribution in [0.15, 0.2) is 47.4 Å². The van der Waals surface area contributed by atoms with Crippen LogP contribution in [0, 0.1) is 5.82 Å². The lowest BCUT2D eigenvalue weighted by Crippen LogP contribution is -2.25. The van der Waals surface area contributed by atoms with Gasteiger partial charge in [-0.3, -0.25) is 9.52 Å². The minimum Gasteiger partial charge on any atom is -0.382 e. The van der Waals surface area contributed by atoms with Crippen molar-refractivity contribution in [1.29, 1.82) is 0 Å². The Morgan fingerprint density at radius 1 is 1.10 bits per heavy atom. The van der Waals surface area contributed by atoms with E-state index in [1.807, 2.05) is 0 Å². The van der Waals surface area contributed by atoms with Crippen LogP contribution in [0.1, 0.15) is 16.8 Å². The molecule has 0 saturated heterocycles. The van der Waals surface area contributed by atoms with Gasteiger partial charge in [-0.05, 0) is 48.9 Å². The van der Waals surface area contributed by atoms with E-state index in [-0.39, 0.29) is 21.5 Å². The second kappa shape index (κ2) is 11.1. The van der Waals surface area contributed by atoms with Crippen LogP contribution in [-0.2, 0) is 19.5 Å². The van der Waals surface area contributed by atoms with Gasteiger partial charge in [-0.1, -0.05) is 11.6 Å². The SMILES string of the molecule is COCCOCCCNC(=O)c1ccc(NS(=O)(=O)c2ccc(F)c(Cl)c2)cc1. The highest BCUT2D eigenvalue weighted by Gasteiger charge is 2.16. The van der Waals surface area contributed by atoms with Gasteiger partial charge in [0.15, 0.2) is 0 Å². The maximum absolute atomic E-state index is 13.2. The van der Waals surface area contributed by atoms with E-state index >= 15 is 0 Å². The van der Waals surface area contributed by atoms with Gasteiger partial charge in [-0.15, -0.1) is 0 Å². The molecule has 0 fully saturated rings. The molecule has 2 rings (SSSR count). The molecule has 2 aromatic rings. The molecule has 0 aliphatic heterocycles. The van der Waals surface area contributed by atoms with Crippen molar-refractivity contribution in [3.8, 4) is 0 Å². The van der Waals surface area contributed by atoms with E-state index in [4.69, 9.17) is 21.1 Å². The molecule has 0 aliphatic rings. The molecule has 0 heterocycles. The molecule has 1 amide bonds. The highest BCUT2D eigenvalue weighted by atomic mass is 35.5.